The first-order chi connectivity index (χ1) is 9.38. The van der Waals surface area contributed by atoms with Gasteiger partial charge in [-0.25, -0.2) is 0 Å². The molecule has 0 aromatic heterocycles. The van der Waals surface area contributed by atoms with E-state index in [2.05, 4.69) is 6.92 Å². The molecule has 0 aromatic carbocycles. The van der Waals surface area contributed by atoms with E-state index in [1.807, 2.05) is 0 Å². The Morgan fingerprint density at radius 3 is 1.53 bits per heavy atom. The van der Waals surface area contributed by atoms with Crippen LogP contribution in [0.2, 0.25) is 6.32 Å². The van der Waals surface area contributed by atoms with Crippen LogP contribution in [-0.2, 0) is 9.31 Å². The Morgan fingerprint density at radius 1 is 0.737 bits per heavy atom. The van der Waals surface area contributed by atoms with Crippen molar-refractivity contribution in [1.29, 1.82) is 0 Å². The molecule has 1 saturated heterocycles. The predicted molar refractivity (Wildman–Crippen MR) is 79.1 cm³/mol. The molecule has 2 nitrogen and oxygen atoms in total. The summed E-state index contributed by atoms with van der Waals surface area (Å²) < 4.78 is 12.6. The molecule has 2 atom stereocenters. The Bertz CT molecular complexity index is 246. The van der Waals surface area contributed by atoms with E-state index in [9.17, 15) is 0 Å². The molecule has 0 N–H and O–H groups in total. The average molecular weight is 264 g/mol. The smallest absolute Gasteiger partial charge is 0.405 e. The van der Waals surface area contributed by atoms with E-state index < -0.39 is 0 Å². The van der Waals surface area contributed by atoms with Gasteiger partial charge in [0.25, 0.3) is 0 Å². The lowest BCUT2D eigenvalue weighted by Gasteiger charge is -2.35. The van der Waals surface area contributed by atoms with Gasteiger partial charge < -0.3 is 9.31 Å². The van der Waals surface area contributed by atoms with E-state index in [0.717, 1.165) is 18.2 Å². The first-order valence-electron chi connectivity index (χ1n) is 8.69. The minimum absolute atomic E-state index is 0.0823. The lowest BCUT2D eigenvalue weighted by Crippen LogP contribution is -2.38. The van der Waals surface area contributed by atoms with Crippen molar-refractivity contribution in [1.82, 2.24) is 0 Å². The van der Waals surface area contributed by atoms with E-state index in [4.69, 9.17) is 9.31 Å². The quantitative estimate of drug-likeness (QED) is 0.701. The van der Waals surface area contributed by atoms with Crippen molar-refractivity contribution in [3.63, 3.8) is 0 Å². The van der Waals surface area contributed by atoms with Gasteiger partial charge in [0, 0.05) is 0 Å². The largest absolute Gasteiger partial charge is 0.457 e. The van der Waals surface area contributed by atoms with Crippen LogP contribution in [0, 0.1) is 11.8 Å². The van der Waals surface area contributed by atoms with Gasteiger partial charge in [-0.15, -0.1) is 0 Å². The fourth-order valence-corrected chi connectivity index (χ4v) is 4.41. The zero-order chi connectivity index (χ0) is 13.1. The maximum absolute atomic E-state index is 6.29. The average Bonchev–Trinajstić information content (AvgIpc) is 2.93. The summed E-state index contributed by atoms with van der Waals surface area (Å²) in [6, 6.07) is 0. The van der Waals surface area contributed by atoms with Crippen LogP contribution < -0.4 is 0 Å². The fourth-order valence-electron chi connectivity index (χ4n) is 4.41. The van der Waals surface area contributed by atoms with Crippen LogP contribution in [0.1, 0.15) is 71.1 Å². The van der Waals surface area contributed by atoms with Gasteiger partial charge in [-0.2, -0.15) is 0 Å². The van der Waals surface area contributed by atoms with Gasteiger partial charge in [0.2, 0.25) is 0 Å². The molecule has 19 heavy (non-hydrogen) atoms. The van der Waals surface area contributed by atoms with E-state index in [1.54, 1.807) is 0 Å². The summed E-state index contributed by atoms with van der Waals surface area (Å²) in [6.45, 7) is 2.19. The molecule has 0 amide bonds. The summed E-state index contributed by atoms with van der Waals surface area (Å²) in [5.74, 6) is 1.55. The topological polar surface area (TPSA) is 18.5 Å². The Morgan fingerprint density at radius 2 is 1.16 bits per heavy atom. The first kappa shape index (κ1) is 13.9. The molecule has 0 aromatic rings. The summed E-state index contributed by atoms with van der Waals surface area (Å²) in [7, 11) is 0.0823. The van der Waals surface area contributed by atoms with Crippen molar-refractivity contribution in [2.45, 2.75) is 89.7 Å². The molecule has 1 aliphatic heterocycles. The van der Waals surface area contributed by atoms with Crippen LogP contribution in [-0.4, -0.2) is 19.3 Å². The molecule has 2 saturated carbocycles. The standard InChI is InChI=1S/C16H29BO2/c1-2-17-18-15(13-9-5-3-6-10-13)16(19-17)14-11-7-4-8-12-14/h13-16H,2-12H2,1H3/t15-,16-/m1/s1. The summed E-state index contributed by atoms with van der Waals surface area (Å²) in [4.78, 5) is 0. The van der Waals surface area contributed by atoms with Gasteiger partial charge in [0.1, 0.15) is 0 Å². The van der Waals surface area contributed by atoms with E-state index in [-0.39, 0.29) is 7.12 Å². The Labute approximate surface area is 118 Å². The molecular formula is C16H29BO2. The molecule has 0 spiro atoms. The third-order valence-electron chi connectivity index (χ3n) is 5.50. The monoisotopic (exact) mass is 264 g/mol. The highest BCUT2D eigenvalue weighted by molar-refractivity contribution is 6.45. The maximum atomic E-state index is 6.29. The van der Waals surface area contributed by atoms with Crippen molar-refractivity contribution in [3.05, 3.63) is 0 Å². The SMILES string of the molecule is CCB1O[C@H](C2CCCCC2)[C@@H](C2CCCCC2)O1. The van der Waals surface area contributed by atoms with Gasteiger partial charge in [-0.3, -0.25) is 0 Å². The van der Waals surface area contributed by atoms with Gasteiger partial charge in [0.05, 0.1) is 12.2 Å². The summed E-state index contributed by atoms with van der Waals surface area (Å²) in [6.07, 6.45) is 15.8. The van der Waals surface area contributed by atoms with Crippen molar-refractivity contribution >= 4 is 7.12 Å². The van der Waals surface area contributed by atoms with Crippen molar-refractivity contribution in [2.24, 2.45) is 11.8 Å². The lowest BCUT2D eigenvalue weighted by atomic mass is 9.77. The van der Waals surface area contributed by atoms with Crippen LogP contribution in [0.15, 0.2) is 0 Å². The third kappa shape index (κ3) is 3.18. The minimum atomic E-state index is 0.0823. The number of rotatable bonds is 3. The highest BCUT2D eigenvalue weighted by Crippen LogP contribution is 2.40. The second-order valence-corrected chi connectivity index (χ2v) is 6.84. The molecule has 2 aliphatic carbocycles. The van der Waals surface area contributed by atoms with Gasteiger partial charge in [-0.05, 0) is 43.8 Å². The molecule has 3 rings (SSSR count). The second kappa shape index (κ2) is 6.63. The predicted octanol–water partition coefficient (Wildman–Crippen LogP) is 4.44. The third-order valence-corrected chi connectivity index (χ3v) is 5.50. The van der Waals surface area contributed by atoms with Crippen molar-refractivity contribution < 1.29 is 9.31 Å². The van der Waals surface area contributed by atoms with Crippen LogP contribution >= 0.6 is 0 Å². The molecule has 3 aliphatic rings. The lowest BCUT2D eigenvalue weighted by molar-refractivity contribution is 0.0324. The van der Waals surface area contributed by atoms with Crippen LogP contribution in [0.5, 0.6) is 0 Å². The molecule has 0 unspecified atom stereocenters. The van der Waals surface area contributed by atoms with E-state index in [0.29, 0.717) is 12.2 Å². The molecule has 108 valence electrons. The summed E-state index contributed by atoms with van der Waals surface area (Å²) in [5.41, 5.74) is 0. The van der Waals surface area contributed by atoms with Crippen LogP contribution in [0.4, 0.5) is 0 Å². The molecule has 0 radical (unpaired) electrons. The summed E-state index contributed by atoms with van der Waals surface area (Å²) >= 11 is 0. The Balaban J connectivity index is 1.67. The second-order valence-electron chi connectivity index (χ2n) is 6.84. The number of hydrogen-bond donors (Lipinski definition) is 0. The Hall–Kier alpha value is -0.0151. The highest BCUT2D eigenvalue weighted by Gasteiger charge is 2.45. The maximum Gasteiger partial charge on any atom is 0.457 e. The van der Waals surface area contributed by atoms with Gasteiger partial charge >= 0.3 is 7.12 Å². The minimum Gasteiger partial charge on any atom is -0.405 e. The fraction of sp³-hybridized carbons (Fsp3) is 1.00. The van der Waals surface area contributed by atoms with Gasteiger partial charge in [0.15, 0.2) is 0 Å². The van der Waals surface area contributed by atoms with Gasteiger partial charge in [-0.1, -0.05) is 45.4 Å². The highest BCUT2D eigenvalue weighted by atomic mass is 16.7. The molecule has 3 fully saturated rings. The molecule has 1 heterocycles. The van der Waals surface area contributed by atoms with Crippen LogP contribution in [0.25, 0.3) is 0 Å². The first-order valence-corrected chi connectivity index (χ1v) is 8.69. The zero-order valence-electron chi connectivity index (χ0n) is 12.5. The normalized spacial score (nSPS) is 34.9. The van der Waals surface area contributed by atoms with Crippen molar-refractivity contribution in [3.8, 4) is 0 Å². The van der Waals surface area contributed by atoms with E-state index >= 15 is 0 Å². The molecule has 0 bridgehead atoms. The van der Waals surface area contributed by atoms with E-state index in [1.165, 1.54) is 64.2 Å². The zero-order valence-corrected chi connectivity index (χ0v) is 12.5. The molecular weight excluding hydrogens is 235 g/mol. The van der Waals surface area contributed by atoms with Crippen LogP contribution in [0.3, 0.4) is 0 Å². The number of hydrogen-bond acceptors (Lipinski definition) is 2. The summed E-state index contributed by atoms with van der Waals surface area (Å²) in [5, 5.41) is 0. The Kier molecular flexibility index (Phi) is 4.86. The van der Waals surface area contributed by atoms with Crippen molar-refractivity contribution in [2.75, 3.05) is 0 Å². The molecule has 3 heteroatoms.